The van der Waals surface area contributed by atoms with E-state index >= 15 is 0 Å². The zero-order valence-electron chi connectivity index (χ0n) is 12.1. The van der Waals surface area contributed by atoms with Crippen LogP contribution in [0.3, 0.4) is 0 Å². The third-order valence-corrected chi connectivity index (χ3v) is 5.65. The van der Waals surface area contributed by atoms with Gasteiger partial charge in [0.2, 0.25) is 0 Å². The number of aliphatic imine (C=N–C) groups is 1. The van der Waals surface area contributed by atoms with E-state index in [0.717, 1.165) is 27.6 Å². The molecule has 1 aromatic carbocycles. The van der Waals surface area contributed by atoms with Gasteiger partial charge in [0.1, 0.15) is 5.04 Å². The van der Waals surface area contributed by atoms with Crippen LogP contribution in [-0.4, -0.2) is 21.9 Å². The molecule has 2 heterocycles. The molecular formula is C17H15ClN2OS. The summed E-state index contributed by atoms with van der Waals surface area (Å²) >= 11 is 7.91. The second kappa shape index (κ2) is 5.37. The van der Waals surface area contributed by atoms with Crippen molar-refractivity contribution in [1.29, 1.82) is 0 Å². The third-order valence-electron chi connectivity index (χ3n) is 4.09. The Morgan fingerprint density at radius 2 is 2.32 bits per heavy atom. The average Bonchev–Trinajstić information content (AvgIpc) is 3.00. The van der Waals surface area contributed by atoms with Crippen molar-refractivity contribution in [3.05, 3.63) is 64.4 Å². The molecule has 0 saturated carbocycles. The monoisotopic (exact) mass is 330 g/mol. The highest BCUT2D eigenvalue weighted by atomic mass is 35.5. The van der Waals surface area contributed by atoms with E-state index in [4.69, 9.17) is 21.3 Å². The van der Waals surface area contributed by atoms with Crippen LogP contribution in [0.1, 0.15) is 23.6 Å². The molecule has 2 atom stereocenters. The molecule has 0 saturated heterocycles. The van der Waals surface area contributed by atoms with Gasteiger partial charge in [-0.2, -0.15) is 0 Å². The second-order valence-corrected chi connectivity index (χ2v) is 7.03. The van der Waals surface area contributed by atoms with Gasteiger partial charge in [0, 0.05) is 35.2 Å². The molecule has 2 aromatic rings. The van der Waals surface area contributed by atoms with E-state index in [1.165, 1.54) is 5.56 Å². The van der Waals surface area contributed by atoms with E-state index in [0.29, 0.717) is 6.61 Å². The highest BCUT2D eigenvalue weighted by molar-refractivity contribution is 8.15. The Balaban J connectivity index is 1.83. The van der Waals surface area contributed by atoms with Crippen LogP contribution in [0.5, 0.6) is 0 Å². The molecule has 2 aliphatic rings. The van der Waals surface area contributed by atoms with E-state index in [9.17, 15) is 0 Å². The van der Waals surface area contributed by atoms with Gasteiger partial charge < -0.3 is 4.74 Å². The molecule has 3 nitrogen and oxygen atoms in total. The van der Waals surface area contributed by atoms with Gasteiger partial charge in [0.05, 0.1) is 5.25 Å². The molecule has 0 radical (unpaired) electrons. The van der Waals surface area contributed by atoms with E-state index < -0.39 is 5.72 Å². The number of halogens is 1. The maximum Gasteiger partial charge on any atom is 0.198 e. The first kappa shape index (κ1) is 14.2. The fraction of sp³-hybridized carbons (Fsp3) is 0.294. The van der Waals surface area contributed by atoms with Crippen LogP contribution in [0.2, 0.25) is 5.02 Å². The van der Waals surface area contributed by atoms with Crippen LogP contribution >= 0.6 is 23.4 Å². The number of hydrogen-bond donors (Lipinski definition) is 0. The van der Waals surface area contributed by atoms with Gasteiger partial charge >= 0.3 is 0 Å². The molecule has 4 rings (SSSR count). The molecular weight excluding hydrogens is 316 g/mol. The number of hydrogen-bond acceptors (Lipinski definition) is 4. The molecule has 1 aliphatic heterocycles. The van der Waals surface area contributed by atoms with Crippen LogP contribution in [0, 0.1) is 0 Å². The topological polar surface area (TPSA) is 34.5 Å². The first-order valence-electron chi connectivity index (χ1n) is 7.32. The second-order valence-electron chi connectivity index (χ2n) is 5.40. The molecule has 0 bridgehead atoms. The maximum absolute atomic E-state index is 6.16. The van der Waals surface area contributed by atoms with Gasteiger partial charge in [-0.3, -0.25) is 4.98 Å². The molecule has 0 fully saturated rings. The SMILES string of the molecule is CCOC12N=C(c3cccnc3)SC1Cc1cc(Cl)ccc12. The molecule has 22 heavy (non-hydrogen) atoms. The van der Waals surface area contributed by atoms with Crippen molar-refractivity contribution in [2.24, 2.45) is 4.99 Å². The minimum atomic E-state index is -0.579. The van der Waals surface area contributed by atoms with Gasteiger partial charge in [0.25, 0.3) is 0 Å². The van der Waals surface area contributed by atoms with E-state index in [1.54, 1.807) is 18.0 Å². The largest absolute Gasteiger partial charge is 0.349 e. The summed E-state index contributed by atoms with van der Waals surface area (Å²) in [5.41, 5.74) is 2.86. The van der Waals surface area contributed by atoms with Gasteiger partial charge in [0.15, 0.2) is 5.72 Å². The third kappa shape index (κ3) is 2.09. The van der Waals surface area contributed by atoms with Crippen molar-refractivity contribution in [1.82, 2.24) is 4.98 Å². The van der Waals surface area contributed by atoms with Crippen LogP contribution in [-0.2, 0) is 16.9 Å². The highest BCUT2D eigenvalue weighted by Gasteiger charge is 2.53. The summed E-state index contributed by atoms with van der Waals surface area (Å²) < 4.78 is 6.16. The molecule has 0 amide bonds. The molecule has 112 valence electrons. The summed E-state index contributed by atoms with van der Waals surface area (Å²) in [4.78, 5) is 9.18. The molecule has 0 N–H and O–H groups in total. The number of fused-ring (bicyclic) bond motifs is 3. The van der Waals surface area contributed by atoms with Crippen LogP contribution in [0.15, 0.2) is 47.7 Å². The fourth-order valence-corrected chi connectivity index (χ4v) is 4.78. The summed E-state index contributed by atoms with van der Waals surface area (Å²) in [7, 11) is 0. The summed E-state index contributed by atoms with van der Waals surface area (Å²) in [5, 5.41) is 2.04. The highest BCUT2D eigenvalue weighted by Crippen LogP contribution is 2.53. The van der Waals surface area contributed by atoms with Crippen molar-refractivity contribution in [3.63, 3.8) is 0 Å². The molecule has 1 aromatic heterocycles. The number of pyridine rings is 1. The number of benzene rings is 1. The molecule has 0 spiro atoms. The van der Waals surface area contributed by atoms with E-state index in [1.807, 2.05) is 37.4 Å². The Bertz CT molecular complexity index is 750. The zero-order valence-corrected chi connectivity index (χ0v) is 13.7. The minimum Gasteiger partial charge on any atom is -0.349 e. The Hall–Kier alpha value is -1.36. The maximum atomic E-state index is 6.16. The fourth-order valence-electron chi connectivity index (χ4n) is 3.20. The first-order chi connectivity index (χ1) is 10.7. The molecule has 1 aliphatic carbocycles. The normalized spacial score (nSPS) is 25.7. The van der Waals surface area contributed by atoms with Crippen molar-refractivity contribution in [3.8, 4) is 0 Å². The lowest BCUT2D eigenvalue weighted by molar-refractivity contribution is -0.0287. The molecule has 2 unspecified atom stereocenters. The zero-order chi connectivity index (χ0) is 15.2. The smallest absolute Gasteiger partial charge is 0.198 e. The number of aromatic nitrogens is 1. The van der Waals surface area contributed by atoms with Crippen molar-refractivity contribution >= 4 is 28.4 Å². The Morgan fingerprint density at radius 3 is 3.09 bits per heavy atom. The summed E-state index contributed by atoms with van der Waals surface area (Å²) in [6, 6.07) is 10.0. The number of rotatable bonds is 3. The summed E-state index contributed by atoms with van der Waals surface area (Å²) in [5.74, 6) is 0. The van der Waals surface area contributed by atoms with E-state index in [2.05, 4.69) is 11.1 Å². The Kier molecular flexibility index (Phi) is 3.48. The molecule has 5 heteroatoms. The standard InChI is InChI=1S/C17H15ClN2OS/c1-2-21-17-14-6-5-13(18)8-12(14)9-15(17)22-16(20-17)11-4-3-7-19-10-11/h3-8,10,15H,2,9H2,1H3. The average molecular weight is 331 g/mol. The van der Waals surface area contributed by atoms with Crippen LogP contribution in [0.4, 0.5) is 0 Å². The Morgan fingerprint density at radius 1 is 1.41 bits per heavy atom. The summed E-state index contributed by atoms with van der Waals surface area (Å²) in [6.07, 6.45) is 4.56. The van der Waals surface area contributed by atoms with Gasteiger partial charge in [-0.25, -0.2) is 4.99 Å². The van der Waals surface area contributed by atoms with Crippen LogP contribution < -0.4 is 0 Å². The van der Waals surface area contributed by atoms with Gasteiger partial charge in [-0.1, -0.05) is 29.4 Å². The van der Waals surface area contributed by atoms with E-state index in [-0.39, 0.29) is 5.25 Å². The summed E-state index contributed by atoms with van der Waals surface area (Å²) in [6.45, 7) is 2.64. The minimum absolute atomic E-state index is 0.260. The Labute approximate surface area is 138 Å². The number of thioether (sulfide) groups is 1. The van der Waals surface area contributed by atoms with Crippen LogP contribution in [0.25, 0.3) is 0 Å². The predicted molar refractivity (Wildman–Crippen MR) is 90.6 cm³/mol. The lowest BCUT2D eigenvalue weighted by atomic mass is 10.1. The quantitative estimate of drug-likeness (QED) is 0.851. The first-order valence-corrected chi connectivity index (χ1v) is 8.58. The van der Waals surface area contributed by atoms with Gasteiger partial charge in [-0.05, 0) is 43.2 Å². The lowest BCUT2D eigenvalue weighted by Gasteiger charge is -2.26. The number of nitrogens with zero attached hydrogens (tertiary/aromatic N) is 2. The lowest BCUT2D eigenvalue weighted by Crippen LogP contribution is -2.32. The van der Waals surface area contributed by atoms with Crippen molar-refractivity contribution in [2.75, 3.05) is 6.61 Å². The van der Waals surface area contributed by atoms with Crippen molar-refractivity contribution < 1.29 is 4.74 Å². The van der Waals surface area contributed by atoms with Crippen molar-refractivity contribution in [2.45, 2.75) is 24.3 Å². The predicted octanol–water partition coefficient (Wildman–Crippen LogP) is 4.04. The van der Waals surface area contributed by atoms with Gasteiger partial charge in [-0.15, -0.1) is 0 Å². The number of ether oxygens (including phenoxy) is 1.